The van der Waals surface area contributed by atoms with Crippen molar-refractivity contribution >= 4 is 24.0 Å². The van der Waals surface area contributed by atoms with Crippen LogP contribution in [0.2, 0.25) is 0 Å². The lowest BCUT2D eigenvalue weighted by Crippen LogP contribution is -2.11. The molecule has 3 heterocycles. The maximum atomic E-state index is 5.33. The molecule has 3 rings (SSSR count). The molecule has 6 heteroatoms. The smallest absolute Gasteiger partial charge is 0.195 e. The zero-order valence-electron chi connectivity index (χ0n) is 9.87. The van der Waals surface area contributed by atoms with Gasteiger partial charge in [-0.05, 0) is 48.2 Å². The third-order valence-corrected chi connectivity index (χ3v) is 4.69. The molecule has 1 aliphatic rings. The molecule has 2 aromatic rings. The number of thioether (sulfide) groups is 1. The van der Waals surface area contributed by atoms with Crippen molar-refractivity contribution in [3.63, 3.8) is 0 Å². The number of H-pyrrole nitrogens is 1. The first-order valence-corrected chi connectivity index (χ1v) is 7.54. The van der Waals surface area contributed by atoms with E-state index in [4.69, 9.17) is 12.2 Å². The van der Waals surface area contributed by atoms with E-state index in [1.54, 1.807) is 6.20 Å². The van der Waals surface area contributed by atoms with Crippen molar-refractivity contribution in [2.45, 2.75) is 13.0 Å². The number of hydrogen-bond donors (Lipinski definition) is 1. The number of aromatic nitrogens is 4. The molecular formula is C12H14N4S2. The lowest BCUT2D eigenvalue weighted by atomic mass is 10.1. The molecule has 0 aromatic carbocycles. The molecule has 1 unspecified atom stereocenters. The molecule has 0 radical (unpaired) electrons. The molecule has 2 aromatic heterocycles. The normalized spacial score (nSPS) is 19.2. The monoisotopic (exact) mass is 278 g/mol. The first-order chi connectivity index (χ1) is 8.84. The van der Waals surface area contributed by atoms with Crippen LogP contribution in [-0.2, 0) is 6.54 Å². The van der Waals surface area contributed by atoms with Crippen LogP contribution in [0.1, 0.15) is 6.42 Å². The molecule has 0 bridgehead atoms. The first-order valence-electron chi connectivity index (χ1n) is 5.98. The number of rotatable bonds is 3. The van der Waals surface area contributed by atoms with Crippen LogP contribution in [0.3, 0.4) is 0 Å². The van der Waals surface area contributed by atoms with Gasteiger partial charge in [0.15, 0.2) is 10.6 Å². The largest absolute Gasteiger partial charge is 0.300 e. The predicted molar refractivity (Wildman–Crippen MR) is 76.1 cm³/mol. The van der Waals surface area contributed by atoms with Crippen molar-refractivity contribution in [2.75, 3.05) is 11.5 Å². The minimum atomic E-state index is 0.700. The fraction of sp³-hybridized carbons (Fsp3) is 0.417. The molecule has 0 amide bonds. The van der Waals surface area contributed by atoms with Gasteiger partial charge in [0.25, 0.3) is 0 Å². The van der Waals surface area contributed by atoms with Crippen LogP contribution < -0.4 is 0 Å². The Balaban J connectivity index is 1.93. The van der Waals surface area contributed by atoms with E-state index in [1.807, 2.05) is 30.1 Å². The lowest BCUT2D eigenvalue weighted by molar-refractivity contribution is 0.491. The van der Waals surface area contributed by atoms with Crippen LogP contribution >= 0.6 is 24.0 Å². The summed E-state index contributed by atoms with van der Waals surface area (Å²) in [6, 6.07) is 3.93. The van der Waals surface area contributed by atoms with Crippen LogP contribution in [-0.4, -0.2) is 31.3 Å². The second-order valence-electron chi connectivity index (χ2n) is 4.43. The maximum Gasteiger partial charge on any atom is 0.195 e. The number of nitrogens with zero attached hydrogens (tertiary/aromatic N) is 3. The quantitative estimate of drug-likeness (QED) is 0.877. The van der Waals surface area contributed by atoms with E-state index in [9.17, 15) is 0 Å². The van der Waals surface area contributed by atoms with E-state index < -0.39 is 0 Å². The average Bonchev–Trinajstić information content (AvgIpc) is 3.03. The number of nitrogens with one attached hydrogen (secondary N) is 1. The number of pyridine rings is 1. The summed E-state index contributed by atoms with van der Waals surface area (Å²) in [6.07, 6.45) is 4.86. The van der Waals surface area contributed by atoms with Crippen molar-refractivity contribution in [2.24, 2.45) is 5.92 Å². The van der Waals surface area contributed by atoms with Gasteiger partial charge in [-0.15, -0.1) is 0 Å². The van der Waals surface area contributed by atoms with Crippen molar-refractivity contribution in [1.82, 2.24) is 19.7 Å². The van der Waals surface area contributed by atoms with Gasteiger partial charge in [-0.1, -0.05) is 0 Å². The molecule has 94 valence electrons. The van der Waals surface area contributed by atoms with Crippen molar-refractivity contribution in [3.8, 4) is 11.4 Å². The fourth-order valence-corrected chi connectivity index (χ4v) is 3.67. The molecule has 0 spiro atoms. The van der Waals surface area contributed by atoms with E-state index in [-0.39, 0.29) is 0 Å². The van der Waals surface area contributed by atoms with Crippen LogP contribution in [0.25, 0.3) is 11.4 Å². The molecule has 0 aliphatic carbocycles. The molecule has 18 heavy (non-hydrogen) atoms. The molecular weight excluding hydrogens is 264 g/mol. The Labute approximate surface area is 115 Å². The highest BCUT2D eigenvalue weighted by atomic mass is 32.2. The molecule has 4 nitrogen and oxygen atoms in total. The van der Waals surface area contributed by atoms with Crippen molar-refractivity contribution < 1.29 is 0 Å². The molecule has 1 fully saturated rings. The predicted octanol–water partition coefficient (Wildman–Crippen LogP) is 2.76. The minimum Gasteiger partial charge on any atom is -0.300 e. The Bertz CT molecular complexity index is 569. The van der Waals surface area contributed by atoms with E-state index in [2.05, 4.69) is 19.7 Å². The zero-order valence-corrected chi connectivity index (χ0v) is 11.5. The fourth-order valence-electron chi connectivity index (χ4n) is 2.19. The van der Waals surface area contributed by atoms with Crippen LogP contribution in [0.4, 0.5) is 0 Å². The van der Waals surface area contributed by atoms with Gasteiger partial charge in [0.2, 0.25) is 0 Å². The Hall–Kier alpha value is -1.14. The molecule has 1 aliphatic heterocycles. The highest BCUT2D eigenvalue weighted by molar-refractivity contribution is 7.99. The van der Waals surface area contributed by atoms with E-state index in [0.717, 1.165) is 17.9 Å². The Morgan fingerprint density at radius 3 is 3.22 bits per heavy atom. The van der Waals surface area contributed by atoms with Crippen LogP contribution in [0.15, 0.2) is 24.5 Å². The SMILES string of the molecule is S=c1[nH]nc(-c2cccnc2)n1CC1CCSC1. The van der Waals surface area contributed by atoms with Gasteiger partial charge in [0.1, 0.15) is 0 Å². The van der Waals surface area contributed by atoms with E-state index in [0.29, 0.717) is 10.7 Å². The van der Waals surface area contributed by atoms with E-state index in [1.165, 1.54) is 17.9 Å². The third kappa shape index (κ3) is 2.35. The summed E-state index contributed by atoms with van der Waals surface area (Å²) < 4.78 is 2.80. The average molecular weight is 278 g/mol. The number of aromatic amines is 1. The van der Waals surface area contributed by atoms with Gasteiger partial charge in [-0.3, -0.25) is 14.6 Å². The summed E-state index contributed by atoms with van der Waals surface area (Å²) in [5, 5.41) is 7.22. The van der Waals surface area contributed by atoms with Gasteiger partial charge in [-0.2, -0.15) is 16.9 Å². The van der Waals surface area contributed by atoms with Crippen LogP contribution in [0.5, 0.6) is 0 Å². The topological polar surface area (TPSA) is 46.5 Å². The third-order valence-electron chi connectivity index (χ3n) is 3.14. The summed E-state index contributed by atoms with van der Waals surface area (Å²) in [5.74, 6) is 4.08. The molecule has 1 saturated heterocycles. The lowest BCUT2D eigenvalue weighted by Gasteiger charge is -2.11. The van der Waals surface area contributed by atoms with Gasteiger partial charge < -0.3 is 0 Å². The highest BCUT2D eigenvalue weighted by Gasteiger charge is 2.18. The van der Waals surface area contributed by atoms with Crippen LogP contribution in [0, 0.1) is 10.7 Å². The van der Waals surface area contributed by atoms with E-state index >= 15 is 0 Å². The summed E-state index contributed by atoms with van der Waals surface area (Å²) in [4.78, 5) is 4.14. The zero-order chi connectivity index (χ0) is 12.4. The summed E-state index contributed by atoms with van der Waals surface area (Å²) in [5.41, 5.74) is 1.01. The standard InChI is InChI=1S/C12H14N4S2/c17-12-15-14-11(10-2-1-4-13-6-10)16(12)7-9-3-5-18-8-9/h1-2,4,6,9H,3,5,7-8H2,(H,15,17). The Morgan fingerprint density at radius 2 is 2.50 bits per heavy atom. The second kappa shape index (κ2) is 5.24. The molecule has 1 N–H and O–H groups in total. The van der Waals surface area contributed by atoms with Crippen molar-refractivity contribution in [1.29, 1.82) is 0 Å². The summed E-state index contributed by atoms with van der Waals surface area (Å²) in [7, 11) is 0. The summed E-state index contributed by atoms with van der Waals surface area (Å²) >= 11 is 7.35. The van der Waals surface area contributed by atoms with Gasteiger partial charge >= 0.3 is 0 Å². The number of hydrogen-bond acceptors (Lipinski definition) is 4. The highest BCUT2D eigenvalue weighted by Crippen LogP contribution is 2.26. The Kier molecular flexibility index (Phi) is 3.47. The second-order valence-corrected chi connectivity index (χ2v) is 5.97. The first kappa shape index (κ1) is 11.9. The Morgan fingerprint density at radius 1 is 1.56 bits per heavy atom. The van der Waals surface area contributed by atoms with Gasteiger partial charge in [0, 0.05) is 24.5 Å². The minimum absolute atomic E-state index is 0.700. The van der Waals surface area contributed by atoms with Gasteiger partial charge in [0.05, 0.1) is 0 Å². The maximum absolute atomic E-state index is 5.33. The summed E-state index contributed by atoms with van der Waals surface area (Å²) in [6.45, 7) is 0.951. The van der Waals surface area contributed by atoms with Crippen molar-refractivity contribution in [3.05, 3.63) is 29.3 Å². The van der Waals surface area contributed by atoms with Gasteiger partial charge in [-0.25, -0.2) is 0 Å². The molecule has 1 atom stereocenters. The molecule has 0 saturated carbocycles.